The van der Waals surface area contributed by atoms with Crippen LogP contribution in [0.3, 0.4) is 0 Å². The number of nitrogens with one attached hydrogen (secondary N) is 1. The van der Waals surface area contributed by atoms with Crippen LogP contribution in [0.2, 0.25) is 0 Å². The highest BCUT2D eigenvalue weighted by molar-refractivity contribution is 6.01. The van der Waals surface area contributed by atoms with Gasteiger partial charge < -0.3 is 19.8 Å². The van der Waals surface area contributed by atoms with Crippen molar-refractivity contribution in [1.82, 2.24) is 25.3 Å². The van der Waals surface area contributed by atoms with Gasteiger partial charge >= 0.3 is 0 Å². The van der Waals surface area contributed by atoms with Crippen LogP contribution in [0.1, 0.15) is 62.8 Å². The highest BCUT2D eigenvalue weighted by Crippen LogP contribution is 2.53. The topological polar surface area (TPSA) is 122 Å². The minimum Gasteiger partial charge on any atom is -0.507 e. The summed E-state index contributed by atoms with van der Waals surface area (Å²) in [5.74, 6) is 1.12. The van der Waals surface area contributed by atoms with E-state index in [9.17, 15) is 19.5 Å². The summed E-state index contributed by atoms with van der Waals surface area (Å²) in [6, 6.07) is 17.6. The van der Waals surface area contributed by atoms with Crippen LogP contribution in [-0.4, -0.2) is 102 Å². The molecule has 1 atom stereocenters. The zero-order chi connectivity index (χ0) is 35.0. The molecule has 2 aromatic carbocycles. The number of piperazine rings is 1. The van der Waals surface area contributed by atoms with Gasteiger partial charge in [0, 0.05) is 76.6 Å². The van der Waals surface area contributed by atoms with E-state index in [1.165, 1.54) is 5.69 Å². The standard InChI is InChI=1S/C40H49N7O4/c48-36-4-2-1-3-34(36)35-25-32(26-41-43-35)46-19-15-40(16-20-46,30-7-8-30)39(51)47-23-21-44(22-24-47)27-28-13-17-45(18-14-28)31-9-5-29(6-10-31)33-11-12-37(49)42-38(33)50/h1-6,9-10,25-26,28,30,33,48H,7-8,11-24,27H2,(H,42,49,50)/t33-/m1/s1. The fourth-order valence-electron chi connectivity index (χ4n) is 9.06. The van der Waals surface area contributed by atoms with Gasteiger partial charge in [-0.1, -0.05) is 24.3 Å². The summed E-state index contributed by atoms with van der Waals surface area (Å²) < 4.78 is 0. The van der Waals surface area contributed by atoms with Crippen molar-refractivity contribution < 1.29 is 19.5 Å². The first kappa shape index (κ1) is 33.6. The second-order valence-electron chi connectivity index (χ2n) is 15.4. The smallest absolute Gasteiger partial charge is 0.234 e. The Hall–Kier alpha value is -4.51. The maximum Gasteiger partial charge on any atom is 0.234 e. The summed E-state index contributed by atoms with van der Waals surface area (Å²) in [7, 11) is 0. The lowest BCUT2D eigenvalue weighted by atomic mass is 9.72. The number of phenolic OH excluding ortho intramolecular Hbond substituents is 1. The fraction of sp³-hybridized carbons (Fsp3) is 0.525. The number of carbonyl (C=O) groups excluding carboxylic acids is 3. The normalized spacial score (nSPS) is 23.3. The van der Waals surface area contributed by atoms with E-state index in [-0.39, 0.29) is 28.9 Å². The third-order valence-electron chi connectivity index (χ3n) is 12.3. The second kappa shape index (κ2) is 14.3. The predicted octanol–water partition coefficient (Wildman–Crippen LogP) is 4.43. The van der Waals surface area contributed by atoms with Crippen molar-refractivity contribution in [3.05, 3.63) is 66.4 Å². The molecule has 268 valence electrons. The molecule has 1 aliphatic carbocycles. The molecular weight excluding hydrogens is 642 g/mol. The number of imide groups is 1. The zero-order valence-electron chi connectivity index (χ0n) is 29.4. The van der Waals surface area contributed by atoms with Gasteiger partial charge in [0.05, 0.1) is 28.9 Å². The van der Waals surface area contributed by atoms with Crippen molar-refractivity contribution in [2.45, 2.75) is 57.3 Å². The minimum atomic E-state index is -0.257. The van der Waals surface area contributed by atoms with Crippen molar-refractivity contribution in [1.29, 1.82) is 0 Å². The summed E-state index contributed by atoms with van der Waals surface area (Å²) in [6.45, 7) is 8.28. The molecule has 0 radical (unpaired) electrons. The van der Waals surface area contributed by atoms with E-state index in [1.807, 2.05) is 30.3 Å². The van der Waals surface area contributed by atoms with E-state index >= 15 is 0 Å². The number of piperidine rings is 3. The van der Waals surface area contributed by atoms with E-state index in [1.54, 1.807) is 18.3 Å². The number of rotatable bonds is 8. The molecule has 0 spiro atoms. The molecule has 51 heavy (non-hydrogen) atoms. The van der Waals surface area contributed by atoms with Gasteiger partial charge in [0.1, 0.15) is 5.75 Å². The molecule has 1 saturated carbocycles. The number of para-hydroxylation sites is 1. The Bertz CT molecular complexity index is 1740. The predicted molar refractivity (Wildman–Crippen MR) is 195 cm³/mol. The molecule has 11 heteroatoms. The number of benzene rings is 2. The first-order valence-electron chi connectivity index (χ1n) is 18.9. The van der Waals surface area contributed by atoms with Crippen LogP contribution in [0.4, 0.5) is 11.4 Å². The Morgan fingerprint density at radius 1 is 0.824 bits per heavy atom. The molecule has 8 rings (SSSR count). The van der Waals surface area contributed by atoms with Crippen LogP contribution < -0.4 is 15.1 Å². The quantitative estimate of drug-likeness (QED) is 0.331. The lowest BCUT2D eigenvalue weighted by molar-refractivity contribution is -0.147. The van der Waals surface area contributed by atoms with Crippen LogP contribution in [0.25, 0.3) is 11.3 Å². The van der Waals surface area contributed by atoms with Gasteiger partial charge in [-0.05, 0) is 92.7 Å². The Balaban J connectivity index is 0.808. The summed E-state index contributed by atoms with van der Waals surface area (Å²) in [4.78, 5) is 47.6. The van der Waals surface area contributed by atoms with Crippen molar-refractivity contribution in [3.63, 3.8) is 0 Å². The SMILES string of the molecule is O=C1CC[C@H](c2ccc(N3CCC(CN4CCN(C(=O)C5(C6CC6)CCN(c6cnnc(-c7ccccc7O)c6)CC5)CC4)CC3)cc2)C(=O)N1. The molecule has 1 aromatic heterocycles. The van der Waals surface area contributed by atoms with E-state index in [0.29, 0.717) is 41.8 Å². The number of anilines is 2. The van der Waals surface area contributed by atoms with Gasteiger partial charge in [0.2, 0.25) is 17.7 Å². The average Bonchev–Trinajstić information content (AvgIpc) is 4.02. The lowest BCUT2D eigenvalue weighted by Gasteiger charge is -2.46. The first-order valence-corrected chi connectivity index (χ1v) is 18.9. The van der Waals surface area contributed by atoms with Crippen molar-refractivity contribution in [2.24, 2.45) is 17.3 Å². The van der Waals surface area contributed by atoms with Gasteiger partial charge in [0.25, 0.3) is 0 Å². The van der Waals surface area contributed by atoms with E-state index in [0.717, 1.165) is 109 Å². The number of nitrogens with zero attached hydrogens (tertiary/aromatic N) is 6. The van der Waals surface area contributed by atoms with Gasteiger partial charge in [-0.15, -0.1) is 0 Å². The largest absolute Gasteiger partial charge is 0.507 e. The maximum absolute atomic E-state index is 14.3. The lowest BCUT2D eigenvalue weighted by Crippen LogP contribution is -2.57. The molecule has 4 saturated heterocycles. The summed E-state index contributed by atoms with van der Waals surface area (Å²) in [6.07, 6.45) is 9.10. The number of hydrogen-bond donors (Lipinski definition) is 2. The Morgan fingerprint density at radius 2 is 1.53 bits per heavy atom. The Kier molecular flexibility index (Phi) is 9.39. The highest BCUT2D eigenvalue weighted by atomic mass is 16.3. The molecule has 11 nitrogen and oxygen atoms in total. The number of carbonyl (C=O) groups is 3. The third kappa shape index (κ3) is 7.05. The fourth-order valence-corrected chi connectivity index (χ4v) is 9.06. The molecular formula is C40H49N7O4. The molecule has 3 amide bonds. The van der Waals surface area contributed by atoms with Gasteiger partial charge in [-0.25, -0.2) is 0 Å². The molecule has 0 unspecified atom stereocenters. The van der Waals surface area contributed by atoms with Crippen molar-refractivity contribution in [2.75, 3.05) is 68.7 Å². The average molecular weight is 692 g/mol. The van der Waals surface area contributed by atoms with E-state index < -0.39 is 0 Å². The molecule has 2 N–H and O–H groups in total. The first-order chi connectivity index (χ1) is 24.9. The van der Waals surface area contributed by atoms with Gasteiger partial charge in [-0.2, -0.15) is 10.2 Å². The van der Waals surface area contributed by atoms with Gasteiger partial charge in [-0.3, -0.25) is 24.6 Å². The Morgan fingerprint density at radius 3 is 2.22 bits per heavy atom. The number of aromatic hydroxyl groups is 1. The number of amides is 3. The monoisotopic (exact) mass is 691 g/mol. The second-order valence-corrected chi connectivity index (χ2v) is 15.4. The van der Waals surface area contributed by atoms with E-state index in [2.05, 4.69) is 47.2 Å². The summed E-state index contributed by atoms with van der Waals surface area (Å²) in [5, 5.41) is 21.3. The molecule has 5 fully saturated rings. The van der Waals surface area contributed by atoms with Gasteiger partial charge in [0.15, 0.2) is 0 Å². The maximum atomic E-state index is 14.3. The van der Waals surface area contributed by atoms with E-state index in [4.69, 9.17) is 0 Å². The van der Waals surface area contributed by atoms with Crippen molar-refractivity contribution in [3.8, 4) is 17.0 Å². The van der Waals surface area contributed by atoms with Crippen molar-refractivity contribution >= 4 is 29.1 Å². The highest BCUT2D eigenvalue weighted by Gasteiger charge is 2.53. The van der Waals surface area contributed by atoms with Crippen LogP contribution >= 0.6 is 0 Å². The molecule has 3 aromatic rings. The zero-order valence-corrected chi connectivity index (χ0v) is 29.4. The summed E-state index contributed by atoms with van der Waals surface area (Å²) in [5.41, 5.74) is 4.23. The molecule has 4 aliphatic heterocycles. The van der Waals surface area contributed by atoms with Crippen LogP contribution in [0, 0.1) is 17.3 Å². The Labute approximate surface area is 300 Å². The molecule has 5 heterocycles. The summed E-state index contributed by atoms with van der Waals surface area (Å²) >= 11 is 0. The number of hydrogen-bond acceptors (Lipinski definition) is 9. The minimum absolute atomic E-state index is 0.178. The van der Waals surface area contributed by atoms with Crippen LogP contribution in [0.5, 0.6) is 5.75 Å². The van der Waals surface area contributed by atoms with Crippen LogP contribution in [-0.2, 0) is 14.4 Å². The molecule has 5 aliphatic rings. The number of aromatic nitrogens is 2. The number of phenols is 1. The van der Waals surface area contributed by atoms with Crippen LogP contribution in [0.15, 0.2) is 60.8 Å². The third-order valence-corrected chi connectivity index (χ3v) is 12.3. The molecule has 0 bridgehead atoms.